The standard InChI is InChI=1S/C30H27N3O4S/c1-4-20-8-10-22(11-9-20)26-25(28(35)29(36)33(26)30-32-31-19(3)38-30)27(34)23-12-14-24(15-13-23)37-17-21-7-5-6-18(2)16-21/h5-16,26,34H,4,17H2,1-3H3/t26-/m0/s1. The second-order valence-electron chi connectivity index (χ2n) is 9.17. The Hall–Kier alpha value is -4.30. The van der Waals surface area contributed by atoms with Gasteiger partial charge >= 0.3 is 5.91 Å². The van der Waals surface area contributed by atoms with Crippen molar-refractivity contribution in [2.75, 3.05) is 4.90 Å². The molecule has 1 atom stereocenters. The van der Waals surface area contributed by atoms with Crippen LogP contribution in [0.25, 0.3) is 5.76 Å². The molecular weight excluding hydrogens is 498 g/mol. The van der Waals surface area contributed by atoms with E-state index in [0.717, 1.165) is 23.1 Å². The van der Waals surface area contributed by atoms with E-state index < -0.39 is 17.7 Å². The lowest BCUT2D eigenvalue weighted by Crippen LogP contribution is -2.29. The van der Waals surface area contributed by atoms with E-state index in [4.69, 9.17) is 4.74 Å². The zero-order chi connectivity index (χ0) is 26.8. The summed E-state index contributed by atoms with van der Waals surface area (Å²) in [5, 5.41) is 20.5. The highest BCUT2D eigenvalue weighted by atomic mass is 32.1. The molecule has 1 aromatic heterocycles. The van der Waals surface area contributed by atoms with Crippen LogP contribution in [0, 0.1) is 13.8 Å². The third kappa shape index (κ3) is 4.95. The first-order valence-corrected chi connectivity index (χ1v) is 13.2. The van der Waals surface area contributed by atoms with Crippen molar-refractivity contribution in [2.45, 2.75) is 39.8 Å². The minimum Gasteiger partial charge on any atom is -0.507 e. The van der Waals surface area contributed by atoms with Crippen LogP contribution in [0.15, 0.2) is 78.4 Å². The molecule has 38 heavy (non-hydrogen) atoms. The van der Waals surface area contributed by atoms with E-state index in [1.807, 2.05) is 49.4 Å². The number of hydrogen-bond acceptors (Lipinski definition) is 7. The van der Waals surface area contributed by atoms with Gasteiger partial charge in [-0.25, -0.2) is 0 Å². The third-order valence-electron chi connectivity index (χ3n) is 6.49. The molecule has 1 amide bonds. The number of rotatable bonds is 7. The Labute approximate surface area is 225 Å². The van der Waals surface area contributed by atoms with Crippen molar-refractivity contribution in [1.82, 2.24) is 10.2 Å². The third-order valence-corrected chi connectivity index (χ3v) is 7.32. The van der Waals surface area contributed by atoms with Gasteiger partial charge in [0.25, 0.3) is 5.78 Å². The molecule has 0 aliphatic carbocycles. The Morgan fingerprint density at radius 3 is 2.34 bits per heavy atom. The number of benzene rings is 3. The van der Waals surface area contributed by atoms with Crippen LogP contribution in [-0.4, -0.2) is 27.0 Å². The average Bonchev–Trinajstić information content (AvgIpc) is 3.47. The van der Waals surface area contributed by atoms with Crippen molar-refractivity contribution < 1.29 is 19.4 Å². The Bertz CT molecular complexity index is 1520. The normalized spacial score (nSPS) is 16.7. The smallest absolute Gasteiger partial charge is 0.301 e. The molecule has 1 aliphatic heterocycles. The summed E-state index contributed by atoms with van der Waals surface area (Å²) < 4.78 is 5.89. The monoisotopic (exact) mass is 525 g/mol. The molecule has 1 N–H and O–H groups in total. The van der Waals surface area contributed by atoms with E-state index in [-0.39, 0.29) is 11.3 Å². The Kier molecular flexibility index (Phi) is 7.07. The van der Waals surface area contributed by atoms with Gasteiger partial charge < -0.3 is 9.84 Å². The summed E-state index contributed by atoms with van der Waals surface area (Å²) in [6.07, 6.45) is 0.856. The van der Waals surface area contributed by atoms with Gasteiger partial charge in [0.1, 0.15) is 23.1 Å². The van der Waals surface area contributed by atoms with E-state index >= 15 is 0 Å². The minimum absolute atomic E-state index is 0.0144. The van der Waals surface area contributed by atoms with E-state index in [9.17, 15) is 14.7 Å². The number of anilines is 1. The fourth-order valence-corrected chi connectivity index (χ4v) is 5.21. The quantitative estimate of drug-likeness (QED) is 0.183. The van der Waals surface area contributed by atoms with E-state index in [0.29, 0.717) is 33.6 Å². The van der Waals surface area contributed by atoms with Gasteiger partial charge in [-0.2, -0.15) is 0 Å². The largest absolute Gasteiger partial charge is 0.507 e. The number of aliphatic hydroxyl groups is 1. The minimum atomic E-state index is -0.828. The summed E-state index contributed by atoms with van der Waals surface area (Å²) in [7, 11) is 0. The summed E-state index contributed by atoms with van der Waals surface area (Å²) >= 11 is 1.22. The zero-order valence-corrected chi connectivity index (χ0v) is 22.2. The van der Waals surface area contributed by atoms with Gasteiger partial charge in [0.2, 0.25) is 5.13 Å². The van der Waals surface area contributed by atoms with Gasteiger partial charge in [0.05, 0.1) is 11.6 Å². The fraction of sp³-hybridized carbons (Fsp3) is 0.200. The average molecular weight is 526 g/mol. The molecule has 192 valence electrons. The van der Waals surface area contributed by atoms with Crippen molar-refractivity contribution in [2.24, 2.45) is 0 Å². The SMILES string of the molecule is CCc1ccc([C@H]2C(=C(O)c3ccc(OCc4cccc(C)c4)cc3)C(=O)C(=O)N2c2nnc(C)s2)cc1. The van der Waals surface area contributed by atoms with Gasteiger partial charge in [0, 0.05) is 5.56 Å². The van der Waals surface area contributed by atoms with Crippen molar-refractivity contribution in [3.05, 3.63) is 111 Å². The number of aliphatic hydroxyl groups excluding tert-OH is 1. The Morgan fingerprint density at radius 2 is 1.71 bits per heavy atom. The number of ketones is 1. The topological polar surface area (TPSA) is 92.6 Å². The number of carbonyl (C=O) groups is 2. The highest BCUT2D eigenvalue weighted by molar-refractivity contribution is 7.15. The zero-order valence-electron chi connectivity index (χ0n) is 21.3. The molecule has 0 spiro atoms. The number of aryl methyl sites for hydroxylation is 3. The first kappa shape index (κ1) is 25.4. The molecule has 1 saturated heterocycles. The molecule has 1 fully saturated rings. The van der Waals surface area contributed by atoms with Gasteiger partial charge in [-0.1, -0.05) is 72.4 Å². The van der Waals surface area contributed by atoms with E-state index in [2.05, 4.69) is 23.2 Å². The van der Waals surface area contributed by atoms with Gasteiger partial charge in [-0.15, -0.1) is 10.2 Å². The molecule has 0 bridgehead atoms. The highest BCUT2D eigenvalue weighted by Gasteiger charge is 2.48. The molecule has 1 aliphatic rings. The van der Waals surface area contributed by atoms with Crippen molar-refractivity contribution in [3.63, 3.8) is 0 Å². The Balaban J connectivity index is 1.50. The van der Waals surface area contributed by atoms with E-state index in [1.54, 1.807) is 31.2 Å². The fourth-order valence-electron chi connectivity index (χ4n) is 4.50. The van der Waals surface area contributed by atoms with Gasteiger partial charge in [-0.05, 0) is 61.2 Å². The number of carbonyl (C=O) groups excluding carboxylic acids is 2. The van der Waals surface area contributed by atoms with Crippen LogP contribution in [0.2, 0.25) is 0 Å². The summed E-state index contributed by atoms with van der Waals surface area (Å²) in [6, 6.07) is 21.8. The Morgan fingerprint density at radius 1 is 0.974 bits per heavy atom. The molecule has 0 unspecified atom stereocenters. The molecule has 0 saturated carbocycles. The summed E-state index contributed by atoms with van der Waals surface area (Å²) in [5.74, 6) is -1.13. The molecule has 7 nitrogen and oxygen atoms in total. The predicted octanol–water partition coefficient (Wildman–Crippen LogP) is 5.92. The number of ether oxygens (including phenoxy) is 1. The molecule has 8 heteroatoms. The van der Waals surface area contributed by atoms with Crippen LogP contribution >= 0.6 is 11.3 Å². The number of hydrogen-bond donors (Lipinski definition) is 1. The van der Waals surface area contributed by atoms with Crippen LogP contribution in [0.5, 0.6) is 5.75 Å². The molecule has 0 radical (unpaired) electrons. The van der Waals surface area contributed by atoms with Crippen molar-refractivity contribution in [1.29, 1.82) is 0 Å². The second-order valence-corrected chi connectivity index (χ2v) is 10.3. The van der Waals surface area contributed by atoms with Crippen LogP contribution in [-0.2, 0) is 22.6 Å². The molecule has 5 rings (SSSR count). The number of aromatic nitrogens is 2. The number of amides is 1. The lowest BCUT2D eigenvalue weighted by atomic mass is 9.94. The predicted molar refractivity (Wildman–Crippen MR) is 147 cm³/mol. The van der Waals surface area contributed by atoms with Crippen LogP contribution in [0.1, 0.15) is 45.8 Å². The van der Waals surface area contributed by atoms with Gasteiger partial charge in [-0.3, -0.25) is 14.5 Å². The van der Waals surface area contributed by atoms with Crippen molar-refractivity contribution >= 4 is 33.9 Å². The molecule has 4 aromatic rings. The van der Waals surface area contributed by atoms with Crippen LogP contribution in [0.4, 0.5) is 5.13 Å². The maximum absolute atomic E-state index is 13.3. The van der Waals surface area contributed by atoms with Crippen LogP contribution < -0.4 is 9.64 Å². The molecular formula is C30H27N3O4S. The lowest BCUT2D eigenvalue weighted by Gasteiger charge is -2.22. The first-order chi connectivity index (χ1) is 18.4. The van der Waals surface area contributed by atoms with Crippen molar-refractivity contribution in [3.8, 4) is 5.75 Å². The van der Waals surface area contributed by atoms with Crippen LogP contribution in [0.3, 0.4) is 0 Å². The lowest BCUT2D eigenvalue weighted by molar-refractivity contribution is -0.132. The summed E-state index contributed by atoms with van der Waals surface area (Å²) in [4.78, 5) is 27.8. The number of Topliss-reactive ketones (excluding diaryl/α,β-unsaturated/α-hetero) is 1. The second kappa shape index (κ2) is 10.6. The van der Waals surface area contributed by atoms with E-state index in [1.165, 1.54) is 16.2 Å². The first-order valence-electron chi connectivity index (χ1n) is 12.3. The van der Waals surface area contributed by atoms with Gasteiger partial charge in [0.15, 0.2) is 0 Å². The molecule has 3 aromatic carbocycles. The summed E-state index contributed by atoms with van der Waals surface area (Å²) in [5.41, 5.74) is 4.46. The molecule has 2 heterocycles. The maximum Gasteiger partial charge on any atom is 0.301 e. The summed E-state index contributed by atoms with van der Waals surface area (Å²) in [6.45, 7) is 6.28. The maximum atomic E-state index is 13.3. The number of nitrogens with zero attached hydrogens (tertiary/aromatic N) is 3. The highest BCUT2D eigenvalue weighted by Crippen LogP contribution is 2.43.